The van der Waals surface area contributed by atoms with Crippen LogP contribution in [0.4, 0.5) is 0 Å². The number of halogens is 1. The van der Waals surface area contributed by atoms with Crippen LogP contribution in [0.2, 0.25) is 5.02 Å². The number of carbonyl (C=O) groups is 1. The Bertz CT molecular complexity index is 711. The second kappa shape index (κ2) is 6.41. The maximum absolute atomic E-state index is 11.9. The molecule has 0 bridgehead atoms. The minimum absolute atomic E-state index is 0.142. The number of rotatable bonds is 3. The summed E-state index contributed by atoms with van der Waals surface area (Å²) in [7, 11) is 0. The van der Waals surface area contributed by atoms with Crippen molar-refractivity contribution in [1.29, 1.82) is 0 Å². The zero-order chi connectivity index (χ0) is 15.4. The maximum Gasteiger partial charge on any atom is 0.272 e. The molecule has 2 rings (SSSR count). The Morgan fingerprint density at radius 2 is 2.05 bits per heavy atom. The first-order valence-electron chi connectivity index (χ1n) is 6.37. The third kappa shape index (κ3) is 3.61. The van der Waals surface area contributed by atoms with E-state index in [2.05, 4.69) is 10.5 Å². The lowest BCUT2D eigenvalue weighted by atomic mass is 10.1. The lowest BCUT2D eigenvalue weighted by Crippen LogP contribution is -2.18. The zero-order valence-electron chi connectivity index (χ0n) is 11.7. The van der Waals surface area contributed by atoms with Crippen molar-refractivity contribution >= 4 is 23.7 Å². The highest BCUT2D eigenvalue weighted by Crippen LogP contribution is 2.19. The number of nitrogens with zero attached hydrogens (tertiary/aromatic N) is 1. The van der Waals surface area contributed by atoms with Crippen LogP contribution in [0.3, 0.4) is 0 Å². The minimum Gasteiger partial charge on any atom is -0.507 e. The van der Waals surface area contributed by atoms with E-state index in [4.69, 9.17) is 11.6 Å². The van der Waals surface area contributed by atoms with Crippen LogP contribution in [0, 0.1) is 13.8 Å². The summed E-state index contributed by atoms with van der Waals surface area (Å²) in [4.78, 5) is 11.9. The van der Waals surface area contributed by atoms with Crippen LogP contribution in [0.15, 0.2) is 41.5 Å². The summed E-state index contributed by atoms with van der Waals surface area (Å²) >= 11 is 6.01. The number of para-hydroxylation sites is 1. The second-order valence-corrected chi connectivity index (χ2v) is 5.10. The number of phenols is 1. The van der Waals surface area contributed by atoms with Gasteiger partial charge in [0.25, 0.3) is 5.91 Å². The van der Waals surface area contributed by atoms with Gasteiger partial charge >= 0.3 is 0 Å². The van der Waals surface area contributed by atoms with Crippen molar-refractivity contribution in [1.82, 2.24) is 5.43 Å². The molecule has 0 aromatic heterocycles. The fraction of sp³-hybridized carbons (Fsp3) is 0.125. The highest BCUT2D eigenvalue weighted by molar-refractivity contribution is 6.33. The Labute approximate surface area is 128 Å². The third-order valence-electron chi connectivity index (χ3n) is 3.01. The van der Waals surface area contributed by atoms with Gasteiger partial charge in [-0.05, 0) is 43.2 Å². The van der Waals surface area contributed by atoms with Crippen LogP contribution in [0.5, 0.6) is 5.75 Å². The number of nitrogens with one attached hydrogen (secondary N) is 1. The molecule has 21 heavy (non-hydrogen) atoms. The third-order valence-corrected chi connectivity index (χ3v) is 3.32. The topological polar surface area (TPSA) is 61.7 Å². The molecule has 2 N–H and O–H groups in total. The first-order chi connectivity index (χ1) is 9.99. The van der Waals surface area contributed by atoms with Crippen molar-refractivity contribution in [2.75, 3.05) is 0 Å². The van der Waals surface area contributed by atoms with Crippen molar-refractivity contribution in [2.24, 2.45) is 5.10 Å². The molecule has 0 aliphatic carbocycles. The zero-order valence-corrected chi connectivity index (χ0v) is 12.5. The maximum atomic E-state index is 11.9. The van der Waals surface area contributed by atoms with Crippen LogP contribution >= 0.6 is 11.6 Å². The number of carbonyl (C=O) groups excluding carboxylic acids is 1. The Morgan fingerprint density at radius 3 is 2.76 bits per heavy atom. The SMILES string of the molecule is Cc1ccc(C(=O)N/N=C/c2cccc(C)c2O)c(Cl)c1. The number of phenolic OH excluding ortho intramolecular Hbond substituents is 1. The molecule has 0 radical (unpaired) electrons. The Balaban J connectivity index is 2.10. The van der Waals surface area contributed by atoms with Crippen LogP contribution in [0.25, 0.3) is 0 Å². The van der Waals surface area contributed by atoms with E-state index in [1.807, 2.05) is 6.92 Å². The molecule has 0 spiro atoms. The van der Waals surface area contributed by atoms with Gasteiger partial charge in [-0.15, -0.1) is 0 Å². The van der Waals surface area contributed by atoms with Gasteiger partial charge in [-0.2, -0.15) is 5.10 Å². The average Bonchev–Trinajstić information content (AvgIpc) is 2.43. The van der Waals surface area contributed by atoms with E-state index in [1.54, 1.807) is 43.3 Å². The van der Waals surface area contributed by atoms with Crippen molar-refractivity contribution in [3.8, 4) is 5.75 Å². The molecule has 0 unspecified atom stereocenters. The Kier molecular flexibility index (Phi) is 4.60. The summed E-state index contributed by atoms with van der Waals surface area (Å²) in [5.74, 6) is -0.257. The number of benzene rings is 2. The molecule has 0 fully saturated rings. The monoisotopic (exact) mass is 302 g/mol. The van der Waals surface area contributed by atoms with E-state index < -0.39 is 5.91 Å². The van der Waals surface area contributed by atoms with E-state index >= 15 is 0 Å². The fourth-order valence-electron chi connectivity index (χ4n) is 1.81. The summed E-state index contributed by atoms with van der Waals surface area (Å²) < 4.78 is 0. The van der Waals surface area contributed by atoms with Gasteiger partial charge in [-0.3, -0.25) is 4.79 Å². The van der Waals surface area contributed by atoms with Crippen molar-refractivity contribution < 1.29 is 9.90 Å². The molecule has 2 aromatic carbocycles. The number of aryl methyl sites for hydroxylation is 2. The van der Waals surface area contributed by atoms with E-state index in [-0.39, 0.29) is 5.75 Å². The molecule has 1 amide bonds. The predicted octanol–water partition coefficient (Wildman–Crippen LogP) is 3.43. The summed E-state index contributed by atoms with van der Waals surface area (Å²) in [5.41, 5.74) is 5.00. The minimum atomic E-state index is -0.400. The van der Waals surface area contributed by atoms with Gasteiger partial charge in [0.1, 0.15) is 5.75 Å². The quantitative estimate of drug-likeness (QED) is 0.674. The van der Waals surface area contributed by atoms with Crippen molar-refractivity contribution in [3.63, 3.8) is 0 Å². The summed E-state index contributed by atoms with van der Waals surface area (Å²) in [6.45, 7) is 3.68. The molecule has 0 saturated carbocycles. The van der Waals surface area contributed by atoms with E-state index in [1.165, 1.54) is 6.21 Å². The molecular weight excluding hydrogens is 288 g/mol. The smallest absolute Gasteiger partial charge is 0.272 e. The predicted molar refractivity (Wildman–Crippen MR) is 84.1 cm³/mol. The standard InChI is InChI=1S/C16H15ClN2O2/c1-10-6-7-13(14(17)8-10)16(21)19-18-9-12-5-3-4-11(2)15(12)20/h3-9,20H,1-2H3,(H,19,21)/b18-9+. The normalized spacial score (nSPS) is 10.8. The van der Waals surface area contributed by atoms with Crippen molar-refractivity contribution in [3.05, 3.63) is 63.7 Å². The molecule has 5 heteroatoms. The molecule has 0 aliphatic rings. The highest BCUT2D eigenvalue weighted by atomic mass is 35.5. The lowest BCUT2D eigenvalue weighted by molar-refractivity contribution is 0.0955. The largest absolute Gasteiger partial charge is 0.507 e. The summed E-state index contributed by atoms with van der Waals surface area (Å²) in [6.07, 6.45) is 1.39. The lowest BCUT2D eigenvalue weighted by Gasteiger charge is -2.04. The van der Waals surface area contributed by atoms with E-state index in [0.29, 0.717) is 16.1 Å². The Morgan fingerprint density at radius 1 is 1.29 bits per heavy atom. The van der Waals surface area contributed by atoms with E-state index in [0.717, 1.165) is 11.1 Å². The van der Waals surface area contributed by atoms with Gasteiger partial charge in [0, 0.05) is 5.56 Å². The first kappa shape index (κ1) is 15.1. The van der Waals surface area contributed by atoms with Crippen LogP contribution in [0.1, 0.15) is 27.0 Å². The van der Waals surface area contributed by atoms with Gasteiger partial charge in [0.05, 0.1) is 16.8 Å². The molecular formula is C16H15ClN2O2. The van der Waals surface area contributed by atoms with E-state index in [9.17, 15) is 9.90 Å². The Hall–Kier alpha value is -2.33. The van der Waals surface area contributed by atoms with Crippen molar-refractivity contribution in [2.45, 2.75) is 13.8 Å². The van der Waals surface area contributed by atoms with Crippen LogP contribution in [-0.4, -0.2) is 17.2 Å². The fourth-order valence-corrected chi connectivity index (χ4v) is 2.13. The van der Waals surface area contributed by atoms with Crippen LogP contribution < -0.4 is 5.43 Å². The number of hydrogen-bond donors (Lipinski definition) is 2. The number of hydrazone groups is 1. The highest BCUT2D eigenvalue weighted by Gasteiger charge is 2.09. The molecule has 4 nitrogen and oxygen atoms in total. The molecule has 108 valence electrons. The average molecular weight is 303 g/mol. The summed E-state index contributed by atoms with van der Waals surface area (Å²) in [6, 6.07) is 10.5. The molecule has 0 aliphatic heterocycles. The summed E-state index contributed by atoms with van der Waals surface area (Å²) in [5, 5.41) is 14.0. The first-order valence-corrected chi connectivity index (χ1v) is 6.75. The molecule has 0 atom stereocenters. The van der Waals surface area contributed by atoms with Gasteiger partial charge in [-0.25, -0.2) is 5.43 Å². The number of hydrogen-bond acceptors (Lipinski definition) is 3. The van der Waals surface area contributed by atoms with Gasteiger partial charge in [-0.1, -0.05) is 29.8 Å². The molecule has 0 heterocycles. The number of amides is 1. The number of aromatic hydroxyl groups is 1. The molecule has 0 saturated heterocycles. The molecule has 2 aromatic rings. The van der Waals surface area contributed by atoms with Gasteiger partial charge in [0.15, 0.2) is 0 Å². The van der Waals surface area contributed by atoms with Crippen LogP contribution in [-0.2, 0) is 0 Å². The van der Waals surface area contributed by atoms with Gasteiger partial charge in [0.2, 0.25) is 0 Å². The van der Waals surface area contributed by atoms with Gasteiger partial charge < -0.3 is 5.11 Å². The second-order valence-electron chi connectivity index (χ2n) is 4.70.